The average molecular weight is 451 g/mol. The molecule has 0 saturated heterocycles. The van der Waals surface area contributed by atoms with Crippen LogP contribution < -0.4 is 10.6 Å². The Morgan fingerprint density at radius 1 is 1.16 bits per heavy atom. The number of aromatic nitrogens is 3. The highest BCUT2D eigenvalue weighted by atomic mass is 32.1. The van der Waals surface area contributed by atoms with Gasteiger partial charge < -0.3 is 20.8 Å². The molecule has 11 heteroatoms. The smallest absolute Gasteiger partial charge is 0.383 e. The number of benzene rings is 1. The molecule has 0 aliphatic heterocycles. The molecule has 3 aromatic rings. The second-order valence-corrected chi connectivity index (χ2v) is 8.45. The Morgan fingerprint density at radius 2 is 1.90 bits per heavy atom. The van der Waals surface area contributed by atoms with Crippen molar-refractivity contribution in [3.8, 4) is 10.4 Å². The Hall–Kier alpha value is -2.76. The van der Waals surface area contributed by atoms with Crippen LogP contribution in [-0.4, -0.2) is 31.4 Å². The predicted octanol–water partition coefficient (Wildman–Crippen LogP) is 4.48. The number of anilines is 3. The quantitative estimate of drug-likeness (QED) is 0.410. The van der Waals surface area contributed by atoms with Crippen LogP contribution in [0.15, 0.2) is 36.7 Å². The van der Waals surface area contributed by atoms with E-state index in [0.29, 0.717) is 34.8 Å². The van der Waals surface area contributed by atoms with Gasteiger partial charge in [0.05, 0.1) is 4.88 Å². The van der Waals surface area contributed by atoms with Crippen LogP contribution in [-0.2, 0) is 11.8 Å². The second kappa shape index (κ2) is 8.06. The van der Waals surface area contributed by atoms with Crippen LogP contribution in [0.4, 0.5) is 30.5 Å². The van der Waals surface area contributed by atoms with E-state index in [1.165, 1.54) is 11.3 Å². The fourth-order valence-electron chi connectivity index (χ4n) is 3.22. The number of aliphatic hydroxyl groups is 2. The van der Waals surface area contributed by atoms with Gasteiger partial charge in [-0.25, -0.2) is 15.0 Å². The van der Waals surface area contributed by atoms with Crippen molar-refractivity contribution in [2.75, 3.05) is 10.6 Å². The van der Waals surface area contributed by atoms with Crippen molar-refractivity contribution in [1.82, 2.24) is 15.0 Å². The number of nitrogens with one attached hydrogen (secondary N) is 2. The van der Waals surface area contributed by atoms with Crippen molar-refractivity contribution in [3.05, 3.63) is 47.4 Å². The van der Waals surface area contributed by atoms with Crippen molar-refractivity contribution >= 4 is 28.7 Å². The van der Waals surface area contributed by atoms with E-state index >= 15 is 0 Å². The van der Waals surface area contributed by atoms with Gasteiger partial charge >= 0.3 is 6.18 Å². The van der Waals surface area contributed by atoms with E-state index in [1.807, 2.05) is 0 Å². The Balaban J connectivity index is 1.67. The molecule has 0 spiro atoms. The van der Waals surface area contributed by atoms with Crippen LogP contribution in [0.5, 0.6) is 0 Å². The number of nitrogens with zero attached hydrogens (tertiary/aromatic N) is 3. The molecule has 1 unspecified atom stereocenters. The molecule has 1 aliphatic carbocycles. The number of halogens is 3. The van der Waals surface area contributed by atoms with Gasteiger partial charge in [-0.2, -0.15) is 13.2 Å². The maximum atomic E-state index is 13.0. The molecule has 4 rings (SSSR count). The summed E-state index contributed by atoms with van der Waals surface area (Å²) in [6.07, 6.45) is -0.452. The van der Waals surface area contributed by atoms with E-state index in [0.717, 1.165) is 23.6 Å². The molecule has 1 aromatic carbocycles. The van der Waals surface area contributed by atoms with Gasteiger partial charge in [0.25, 0.3) is 0 Å². The van der Waals surface area contributed by atoms with Gasteiger partial charge in [0.2, 0.25) is 5.95 Å². The normalized spacial score (nSPS) is 16.5. The van der Waals surface area contributed by atoms with E-state index in [2.05, 4.69) is 25.6 Å². The summed E-state index contributed by atoms with van der Waals surface area (Å²) < 4.78 is 38.9. The molecule has 0 bridgehead atoms. The van der Waals surface area contributed by atoms with Crippen LogP contribution in [0.1, 0.15) is 36.9 Å². The summed E-state index contributed by atoms with van der Waals surface area (Å²) in [7, 11) is 0. The average Bonchev–Trinajstić information content (AvgIpc) is 3.15. The van der Waals surface area contributed by atoms with Crippen molar-refractivity contribution in [2.45, 2.75) is 44.2 Å². The molecule has 1 aliphatic rings. The molecule has 31 heavy (non-hydrogen) atoms. The SMILES string of the molecule is CC(O)Nc1cc(Nc2nccc(C(F)(F)F)n2)cc(-c2cnc(C3(O)CCC3)s2)c1. The van der Waals surface area contributed by atoms with Crippen LogP contribution in [0.25, 0.3) is 10.4 Å². The predicted molar refractivity (Wildman–Crippen MR) is 111 cm³/mol. The number of thiazole rings is 1. The van der Waals surface area contributed by atoms with E-state index < -0.39 is 23.7 Å². The first kappa shape index (κ1) is 21.5. The van der Waals surface area contributed by atoms with Gasteiger partial charge in [-0.1, -0.05) is 0 Å². The summed E-state index contributed by atoms with van der Waals surface area (Å²) in [6.45, 7) is 1.55. The summed E-state index contributed by atoms with van der Waals surface area (Å²) in [5.74, 6) is -0.205. The first-order valence-electron chi connectivity index (χ1n) is 9.58. The van der Waals surface area contributed by atoms with Gasteiger partial charge in [-0.15, -0.1) is 11.3 Å². The van der Waals surface area contributed by atoms with E-state index in [9.17, 15) is 23.4 Å². The van der Waals surface area contributed by atoms with Gasteiger partial charge in [0, 0.05) is 23.8 Å². The molecule has 7 nitrogen and oxygen atoms in total. The minimum Gasteiger partial charge on any atom is -0.383 e. The Bertz CT molecular complexity index is 1080. The summed E-state index contributed by atoms with van der Waals surface area (Å²) >= 11 is 1.36. The van der Waals surface area contributed by atoms with Crippen molar-refractivity contribution in [1.29, 1.82) is 0 Å². The molecular weight excluding hydrogens is 431 g/mol. The lowest BCUT2D eigenvalue weighted by Gasteiger charge is -2.34. The summed E-state index contributed by atoms with van der Waals surface area (Å²) in [5, 5.41) is 26.5. The molecule has 1 saturated carbocycles. The van der Waals surface area contributed by atoms with Crippen molar-refractivity contribution < 1.29 is 23.4 Å². The number of rotatable bonds is 6. The molecule has 164 valence electrons. The van der Waals surface area contributed by atoms with Crippen LogP contribution in [0.3, 0.4) is 0 Å². The fourth-order valence-corrected chi connectivity index (χ4v) is 4.27. The number of hydrogen-bond donors (Lipinski definition) is 4. The summed E-state index contributed by atoms with van der Waals surface area (Å²) in [5.41, 5.74) is -0.251. The zero-order chi connectivity index (χ0) is 22.2. The van der Waals surface area contributed by atoms with Gasteiger partial charge in [0.1, 0.15) is 22.5 Å². The molecule has 0 amide bonds. The van der Waals surface area contributed by atoms with E-state index in [1.54, 1.807) is 31.3 Å². The zero-order valence-corrected chi connectivity index (χ0v) is 17.3. The monoisotopic (exact) mass is 451 g/mol. The van der Waals surface area contributed by atoms with Crippen LogP contribution in [0.2, 0.25) is 0 Å². The lowest BCUT2D eigenvalue weighted by atomic mass is 9.81. The molecule has 0 radical (unpaired) electrons. The Morgan fingerprint density at radius 3 is 2.55 bits per heavy atom. The zero-order valence-electron chi connectivity index (χ0n) is 16.4. The third-order valence-electron chi connectivity index (χ3n) is 4.88. The largest absolute Gasteiger partial charge is 0.433 e. The third-order valence-corrected chi connectivity index (χ3v) is 6.12. The van der Waals surface area contributed by atoms with Gasteiger partial charge in [-0.3, -0.25) is 0 Å². The lowest BCUT2D eigenvalue weighted by molar-refractivity contribution is -0.141. The Kier molecular flexibility index (Phi) is 5.58. The standard InChI is InChI=1S/C20H20F3N5O2S/c1-11(29)26-13-7-12(15-10-25-17(31-15)19(30)4-2-5-19)8-14(9-13)27-18-24-6-3-16(28-18)20(21,22)23/h3,6-11,26,29-30H,2,4-5H2,1H3,(H,24,27,28). The summed E-state index contributed by atoms with van der Waals surface area (Å²) in [6, 6.07) is 5.93. The molecule has 1 atom stereocenters. The highest BCUT2D eigenvalue weighted by Gasteiger charge is 2.39. The maximum absolute atomic E-state index is 13.0. The molecule has 2 heterocycles. The van der Waals surface area contributed by atoms with Crippen LogP contribution in [0, 0.1) is 0 Å². The first-order valence-corrected chi connectivity index (χ1v) is 10.4. The number of hydrogen-bond acceptors (Lipinski definition) is 8. The molecule has 2 aromatic heterocycles. The number of alkyl halides is 3. The molecule has 1 fully saturated rings. The number of aliphatic hydroxyl groups excluding tert-OH is 1. The van der Waals surface area contributed by atoms with Gasteiger partial charge in [-0.05, 0) is 56.0 Å². The minimum atomic E-state index is -4.58. The first-order chi connectivity index (χ1) is 14.6. The maximum Gasteiger partial charge on any atom is 0.433 e. The third kappa shape index (κ3) is 4.78. The molecular formula is C20H20F3N5O2S. The van der Waals surface area contributed by atoms with Crippen molar-refractivity contribution in [3.63, 3.8) is 0 Å². The lowest BCUT2D eigenvalue weighted by Crippen LogP contribution is -2.33. The van der Waals surface area contributed by atoms with Crippen LogP contribution >= 0.6 is 11.3 Å². The molecule has 4 N–H and O–H groups in total. The van der Waals surface area contributed by atoms with E-state index in [4.69, 9.17) is 0 Å². The highest BCUT2D eigenvalue weighted by Crippen LogP contribution is 2.44. The summed E-state index contributed by atoms with van der Waals surface area (Å²) in [4.78, 5) is 12.5. The fraction of sp³-hybridized carbons (Fsp3) is 0.350. The second-order valence-electron chi connectivity index (χ2n) is 7.42. The van der Waals surface area contributed by atoms with Gasteiger partial charge in [0.15, 0.2) is 0 Å². The highest BCUT2D eigenvalue weighted by molar-refractivity contribution is 7.15. The Labute approximate surface area is 180 Å². The minimum absolute atomic E-state index is 0.205. The topological polar surface area (TPSA) is 103 Å². The van der Waals surface area contributed by atoms with E-state index in [-0.39, 0.29) is 5.95 Å². The van der Waals surface area contributed by atoms with Crippen molar-refractivity contribution in [2.24, 2.45) is 0 Å².